The van der Waals surface area contributed by atoms with Gasteiger partial charge in [0.2, 0.25) is 0 Å². The molecule has 0 aliphatic carbocycles. The molecule has 1 aromatic heterocycles. The Balaban J connectivity index is 2.40. The number of carbonyl (C=O) groups is 1. The average molecular weight is 230 g/mol. The number of carboxylic acid groups (broad SMARTS) is 1. The zero-order valence-electron chi connectivity index (χ0n) is 8.69. The van der Waals surface area contributed by atoms with E-state index < -0.39 is 5.97 Å². The van der Waals surface area contributed by atoms with Crippen molar-refractivity contribution in [1.29, 1.82) is 0 Å². The van der Waals surface area contributed by atoms with Crippen LogP contribution in [-0.2, 0) is 6.54 Å². The van der Waals surface area contributed by atoms with Crippen LogP contribution in [0.4, 0.5) is 0 Å². The van der Waals surface area contributed by atoms with Gasteiger partial charge in [-0.2, -0.15) is 11.8 Å². The Morgan fingerprint density at radius 1 is 1.80 bits per heavy atom. The van der Waals surface area contributed by atoms with Crippen molar-refractivity contribution in [2.24, 2.45) is 0 Å². The fraction of sp³-hybridized carbons (Fsp3) is 0.556. The fourth-order valence-electron chi connectivity index (χ4n) is 1.08. The number of rotatable bonds is 6. The molecule has 1 rings (SSSR count). The summed E-state index contributed by atoms with van der Waals surface area (Å²) in [5.74, 6) is 0.474. The topological polar surface area (TPSA) is 75.4 Å². The van der Waals surface area contributed by atoms with Crippen molar-refractivity contribution in [2.75, 3.05) is 12.0 Å². The van der Waals surface area contributed by atoms with Crippen molar-refractivity contribution in [1.82, 2.24) is 10.5 Å². The second kappa shape index (κ2) is 5.77. The molecule has 0 saturated carbocycles. The van der Waals surface area contributed by atoms with Crippen LogP contribution in [0.15, 0.2) is 10.6 Å². The summed E-state index contributed by atoms with van der Waals surface area (Å²) in [6.45, 7) is 2.56. The summed E-state index contributed by atoms with van der Waals surface area (Å²) in [6, 6.07) is 1.79. The molecule has 0 saturated heterocycles. The molecular formula is C9H14N2O3S. The van der Waals surface area contributed by atoms with Crippen molar-refractivity contribution in [3.05, 3.63) is 17.5 Å². The molecule has 15 heavy (non-hydrogen) atoms. The van der Waals surface area contributed by atoms with Gasteiger partial charge in [-0.1, -0.05) is 5.16 Å². The van der Waals surface area contributed by atoms with E-state index >= 15 is 0 Å². The minimum Gasteiger partial charge on any atom is -0.476 e. The minimum atomic E-state index is -1.07. The maximum atomic E-state index is 10.5. The van der Waals surface area contributed by atoms with Crippen LogP contribution in [0.5, 0.6) is 0 Å². The highest BCUT2D eigenvalue weighted by Crippen LogP contribution is 2.04. The first kappa shape index (κ1) is 12.1. The van der Waals surface area contributed by atoms with Gasteiger partial charge in [0.1, 0.15) is 0 Å². The summed E-state index contributed by atoms with van der Waals surface area (Å²) in [5.41, 5.74) is -0.0516. The van der Waals surface area contributed by atoms with E-state index in [-0.39, 0.29) is 5.69 Å². The minimum absolute atomic E-state index is 0.0516. The van der Waals surface area contributed by atoms with Gasteiger partial charge in [0, 0.05) is 17.9 Å². The molecule has 1 aromatic rings. The Bertz CT molecular complexity index is 327. The highest BCUT2D eigenvalue weighted by Gasteiger charge is 2.10. The summed E-state index contributed by atoms with van der Waals surface area (Å²) >= 11 is 1.75. The van der Waals surface area contributed by atoms with Crippen LogP contribution in [0.2, 0.25) is 0 Å². The largest absolute Gasteiger partial charge is 0.476 e. The number of hydrogen-bond donors (Lipinski definition) is 2. The summed E-state index contributed by atoms with van der Waals surface area (Å²) in [6.07, 6.45) is 2.04. The molecule has 0 amide bonds. The average Bonchev–Trinajstić information content (AvgIpc) is 2.63. The first-order valence-electron chi connectivity index (χ1n) is 4.54. The van der Waals surface area contributed by atoms with E-state index in [0.717, 1.165) is 5.75 Å². The Morgan fingerprint density at radius 3 is 3.07 bits per heavy atom. The first-order chi connectivity index (χ1) is 7.13. The molecule has 5 nitrogen and oxygen atoms in total. The van der Waals surface area contributed by atoms with Gasteiger partial charge in [-0.25, -0.2) is 4.79 Å². The van der Waals surface area contributed by atoms with Crippen molar-refractivity contribution in [3.63, 3.8) is 0 Å². The molecule has 84 valence electrons. The summed E-state index contributed by atoms with van der Waals surface area (Å²) < 4.78 is 4.85. The number of hydrogen-bond acceptors (Lipinski definition) is 5. The maximum absolute atomic E-state index is 10.5. The highest BCUT2D eigenvalue weighted by atomic mass is 32.2. The van der Waals surface area contributed by atoms with Crippen LogP contribution in [0.1, 0.15) is 23.2 Å². The molecule has 2 N–H and O–H groups in total. The van der Waals surface area contributed by atoms with E-state index in [1.165, 1.54) is 6.07 Å². The normalized spacial score (nSPS) is 12.7. The van der Waals surface area contributed by atoms with Crippen molar-refractivity contribution in [3.8, 4) is 0 Å². The van der Waals surface area contributed by atoms with Crippen LogP contribution in [0.3, 0.4) is 0 Å². The zero-order valence-corrected chi connectivity index (χ0v) is 9.50. The van der Waals surface area contributed by atoms with Gasteiger partial charge in [-0.05, 0) is 13.2 Å². The number of carboxylic acids is 1. The van der Waals surface area contributed by atoms with Gasteiger partial charge in [-0.15, -0.1) is 0 Å². The molecule has 0 fully saturated rings. The van der Waals surface area contributed by atoms with Gasteiger partial charge in [-0.3, -0.25) is 0 Å². The first-order valence-corrected chi connectivity index (χ1v) is 5.94. The molecule has 0 radical (unpaired) electrons. The second-order valence-electron chi connectivity index (χ2n) is 3.22. The molecule has 1 heterocycles. The van der Waals surface area contributed by atoms with Crippen LogP contribution < -0.4 is 5.32 Å². The van der Waals surface area contributed by atoms with Crippen LogP contribution in [0.25, 0.3) is 0 Å². The Morgan fingerprint density at radius 2 is 2.53 bits per heavy atom. The summed E-state index contributed by atoms with van der Waals surface area (Å²) in [5, 5.41) is 15.2. The molecule has 0 aromatic carbocycles. The Hall–Kier alpha value is -1.01. The Labute approximate surface area is 92.2 Å². The number of nitrogens with one attached hydrogen (secondary N) is 1. The molecule has 6 heteroatoms. The monoisotopic (exact) mass is 230 g/mol. The maximum Gasteiger partial charge on any atom is 0.358 e. The number of thioether (sulfide) groups is 1. The predicted octanol–water partition coefficient (Wildman–Crippen LogP) is 1.21. The lowest BCUT2D eigenvalue weighted by Crippen LogP contribution is -2.27. The lowest BCUT2D eigenvalue weighted by atomic mass is 10.3. The molecular weight excluding hydrogens is 216 g/mol. The highest BCUT2D eigenvalue weighted by molar-refractivity contribution is 7.98. The fourth-order valence-corrected chi connectivity index (χ4v) is 1.70. The second-order valence-corrected chi connectivity index (χ2v) is 4.13. The zero-order chi connectivity index (χ0) is 11.3. The summed E-state index contributed by atoms with van der Waals surface area (Å²) in [7, 11) is 0. The molecule has 0 bridgehead atoms. The van der Waals surface area contributed by atoms with Crippen molar-refractivity contribution in [2.45, 2.75) is 19.5 Å². The smallest absolute Gasteiger partial charge is 0.358 e. The third-order valence-electron chi connectivity index (χ3n) is 1.82. The third-order valence-corrected chi connectivity index (χ3v) is 2.65. The Kier molecular flexibility index (Phi) is 4.64. The quantitative estimate of drug-likeness (QED) is 0.765. The van der Waals surface area contributed by atoms with E-state index in [2.05, 4.69) is 17.4 Å². The van der Waals surface area contributed by atoms with E-state index in [1.54, 1.807) is 11.8 Å². The molecule has 1 atom stereocenters. The molecule has 0 aliphatic heterocycles. The lowest BCUT2D eigenvalue weighted by molar-refractivity contribution is 0.0685. The van der Waals surface area contributed by atoms with Gasteiger partial charge >= 0.3 is 5.97 Å². The van der Waals surface area contributed by atoms with Gasteiger partial charge < -0.3 is 14.9 Å². The van der Waals surface area contributed by atoms with E-state index in [4.69, 9.17) is 9.63 Å². The van der Waals surface area contributed by atoms with Gasteiger partial charge in [0.25, 0.3) is 0 Å². The molecule has 0 aliphatic rings. The number of aromatic nitrogens is 1. The summed E-state index contributed by atoms with van der Waals surface area (Å²) in [4.78, 5) is 10.5. The number of nitrogens with zero attached hydrogens (tertiary/aromatic N) is 1. The van der Waals surface area contributed by atoms with Crippen LogP contribution >= 0.6 is 11.8 Å². The predicted molar refractivity (Wildman–Crippen MR) is 58.1 cm³/mol. The van der Waals surface area contributed by atoms with Crippen molar-refractivity contribution >= 4 is 17.7 Å². The standard InChI is InChI=1S/C9H14N2O3S/c1-6(5-15-2)10-4-7-3-8(9(12)13)11-14-7/h3,6,10H,4-5H2,1-2H3,(H,12,13). The van der Waals surface area contributed by atoms with Crippen molar-refractivity contribution < 1.29 is 14.4 Å². The lowest BCUT2D eigenvalue weighted by Gasteiger charge is -2.09. The van der Waals surface area contributed by atoms with Gasteiger partial charge in [0.05, 0.1) is 6.54 Å². The van der Waals surface area contributed by atoms with E-state index in [9.17, 15) is 4.79 Å². The van der Waals surface area contributed by atoms with E-state index in [1.807, 2.05) is 6.26 Å². The van der Waals surface area contributed by atoms with Crippen LogP contribution in [0, 0.1) is 0 Å². The van der Waals surface area contributed by atoms with Crippen LogP contribution in [-0.4, -0.2) is 34.3 Å². The van der Waals surface area contributed by atoms with E-state index in [0.29, 0.717) is 18.3 Å². The molecule has 0 spiro atoms. The third kappa shape index (κ3) is 3.93. The molecule has 1 unspecified atom stereocenters. The SMILES string of the molecule is CSCC(C)NCc1cc(C(=O)O)no1. The van der Waals surface area contributed by atoms with Gasteiger partial charge in [0.15, 0.2) is 11.5 Å². The number of aromatic carboxylic acids is 1.